The first-order valence-corrected chi connectivity index (χ1v) is 5.11. The molecule has 0 aromatic carbocycles. The zero-order valence-electron chi connectivity index (χ0n) is 8.35. The molecule has 4 nitrogen and oxygen atoms in total. The Morgan fingerprint density at radius 2 is 2.20 bits per heavy atom. The molecule has 0 atom stereocenters. The molecule has 0 spiro atoms. The summed E-state index contributed by atoms with van der Waals surface area (Å²) < 4.78 is 1.35. The summed E-state index contributed by atoms with van der Waals surface area (Å²) in [5.74, 6) is -0.345. The number of hydrogen-bond donors (Lipinski definition) is 1. The van der Waals surface area contributed by atoms with Crippen LogP contribution in [0.1, 0.15) is 29.8 Å². The van der Waals surface area contributed by atoms with Gasteiger partial charge in [0, 0.05) is 12.6 Å². The smallest absolute Gasteiger partial charge is 0.352 e. The first-order valence-electron chi connectivity index (χ1n) is 5.11. The van der Waals surface area contributed by atoms with Gasteiger partial charge in [-0.1, -0.05) is 18.9 Å². The highest BCUT2D eigenvalue weighted by Crippen LogP contribution is 2.32. The molecular weight excluding hydrogens is 194 g/mol. The van der Waals surface area contributed by atoms with Gasteiger partial charge in [0.05, 0.1) is 0 Å². The van der Waals surface area contributed by atoms with Crippen molar-refractivity contribution in [3.8, 4) is 0 Å². The molecule has 15 heavy (non-hydrogen) atoms. The Morgan fingerprint density at radius 3 is 2.80 bits per heavy atom. The van der Waals surface area contributed by atoms with E-state index >= 15 is 0 Å². The van der Waals surface area contributed by atoms with Gasteiger partial charge < -0.3 is 9.67 Å². The van der Waals surface area contributed by atoms with Crippen LogP contribution in [0.3, 0.4) is 0 Å². The summed E-state index contributed by atoms with van der Waals surface area (Å²) in [5, 5.41) is 8.91. The fourth-order valence-electron chi connectivity index (χ4n) is 1.66. The normalized spacial score (nSPS) is 15.2. The first kappa shape index (κ1) is 9.96. The van der Waals surface area contributed by atoms with Crippen LogP contribution in [-0.4, -0.2) is 15.6 Å². The van der Waals surface area contributed by atoms with Gasteiger partial charge in [-0.3, -0.25) is 4.79 Å². The van der Waals surface area contributed by atoms with Gasteiger partial charge in [-0.05, 0) is 18.4 Å². The van der Waals surface area contributed by atoms with Gasteiger partial charge in [-0.2, -0.15) is 0 Å². The predicted octanol–water partition coefficient (Wildman–Crippen LogP) is 1.35. The maximum Gasteiger partial charge on any atom is 0.352 e. The molecule has 80 valence electrons. The van der Waals surface area contributed by atoms with E-state index in [0.29, 0.717) is 12.5 Å². The minimum absolute atomic E-state index is 0.0863. The predicted molar refractivity (Wildman–Crippen MR) is 55.0 cm³/mol. The summed E-state index contributed by atoms with van der Waals surface area (Å²) in [5.41, 5.74) is -0.140. The minimum atomic E-state index is -1.04. The SMILES string of the molecule is O=C(O)c1cccc(=O)n1CCC1CC1. The van der Waals surface area contributed by atoms with Crippen LogP contribution < -0.4 is 5.56 Å². The monoisotopic (exact) mass is 207 g/mol. The molecule has 0 unspecified atom stereocenters. The average molecular weight is 207 g/mol. The van der Waals surface area contributed by atoms with E-state index in [0.717, 1.165) is 6.42 Å². The van der Waals surface area contributed by atoms with Crippen molar-refractivity contribution in [3.05, 3.63) is 34.2 Å². The van der Waals surface area contributed by atoms with E-state index in [-0.39, 0.29) is 11.3 Å². The van der Waals surface area contributed by atoms with Crippen molar-refractivity contribution < 1.29 is 9.90 Å². The summed E-state index contributed by atoms with van der Waals surface area (Å²) in [6.45, 7) is 0.520. The highest BCUT2D eigenvalue weighted by molar-refractivity contribution is 5.85. The summed E-state index contributed by atoms with van der Waals surface area (Å²) in [6, 6.07) is 4.36. The number of carboxylic acid groups (broad SMARTS) is 1. The Kier molecular flexibility index (Phi) is 2.58. The summed E-state index contributed by atoms with van der Waals surface area (Å²) in [6.07, 6.45) is 3.33. The second kappa shape index (κ2) is 3.88. The lowest BCUT2D eigenvalue weighted by molar-refractivity contribution is 0.0683. The minimum Gasteiger partial charge on any atom is -0.477 e. The topological polar surface area (TPSA) is 59.3 Å². The van der Waals surface area contributed by atoms with Crippen LogP contribution in [-0.2, 0) is 6.54 Å². The highest BCUT2D eigenvalue weighted by Gasteiger charge is 2.21. The van der Waals surface area contributed by atoms with Crippen LogP contribution in [0.15, 0.2) is 23.0 Å². The molecule has 0 amide bonds. The van der Waals surface area contributed by atoms with E-state index < -0.39 is 5.97 Å². The molecular formula is C11H13NO3. The number of nitrogens with zero attached hydrogens (tertiary/aromatic N) is 1. The highest BCUT2D eigenvalue weighted by atomic mass is 16.4. The van der Waals surface area contributed by atoms with Gasteiger partial charge in [0.25, 0.3) is 5.56 Å². The molecule has 1 aliphatic carbocycles. The Labute approximate surface area is 87.2 Å². The van der Waals surface area contributed by atoms with Gasteiger partial charge in [0.1, 0.15) is 5.69 Å². The number of carbonyl (C=O) groups is 1. The molecule has 0 aliphatic heterocycles. The van der Waals surface area contributed by atoms with E-state index in [1.54, 1.807) is 0 Å². The number of carboxylic acids is 1. The van der Waals surface area contributed by atoms with Gasteiger partial charge in [0.2, 0.25) is 0 Å². The van der Waals surface area contributed by atoms with Crippen LogP contribution >= 0.6 is 0 Å². The van der Waals surface area contributed by atoms with E-state index in [1.165, 1.54) is 35.6 Å². The molecule has 4 heteroatoms. The number of aromatic nitrogens is 1. The quantitative estimate of drug-likeness (QED) is 0.810. The van der Waals surface area contributed by atoms with Gasteiger partial charge in [0.15, 0.2) is 0 Å². The van der Waals surface area contributed by atoms with E-state index in [2.05, 4.69) is 0 Å². The zero-order chi connectivity index (χ0) is 10.8. The van der Waals surface area contributed by atoms with Crippen molar-refractivity contribution in [2.45, 2.75) is 25.8 Å². The molecule has 0 radical (unpaired) electrons. The largest absolute Gasteiger partial charge is 0.477 e. The summed E-state index contributed by atoms with van der Waals surface area (Å²) in [7, 11) is 0. The molecule has 1 saturated carbocycles. The molecule has 0 bridgehead atoms. The lowest BCUT2D eigenvalue weighted by atomic mass is 10.2. The fraction of sp³-hybridized carbons (Fsp3) is 0.455. The molecule has 0 saturated heterocycles. The van der Waals surface area contributed by atoms with Gasteiger partial charge >= 0.3 is 5.97 Å². The lowest BCUT2D eigenvalue weighted by Crippen LogP contribution is -2.25. The van der Waals surface area contributed by atoms with E-state index in [4.69, 9.17) is 5.11 Å². The van der Waals surface area contributed by atoms with Gasteiger partial charge in [-0.15, -0.1) is 0 Å². The Balaban J connectivity index is 2.24. The van der Waals surface area contributed by atoms with E-state index in [9.17, 15) is 9.59 Å². The molecule has 2 rings (SSSR count). The fourth-order valence-corrected chi connectivity index (χ4v) is 1.66. The summed E-state index contributed by atoms with van der Waals surface area (Å²) >= 11 is 0. The average Bonchev–Trinajstić information content (AvgIpc) is 2.99. The Morgan fingerprint density at radius 1 is 1.47 bits per heavy atom. The van der Waals surface area contributed by atoms with Gasteiger partial charge in [-0.25, -0.2) is 4.79 Å². The third-order valence-electron chi connectivity index (χ3n) is 2.73. The number of pyridine rings is 1. The maximum absolute atomic E-state index is 11.5. The first-order chi connectivity index (χ1) is 7.18. The number of aromatic carboxylic acids is 1. The maximum atomic E-state index is 11.5. The van der Waals surface area contributed by atoms with E-state index in [1.807, 2.05) is 0 Å². The molecule has 1 heterocycles. The van der Waals surface area contributed by atoms with Crippen LogP contribution in [0.4, 0.5) is 0 Å². The standard InChI is InChI=1S/C11H13NO3/c13-10-3-1-2-9(11(14)15)12(10)7-6-8-4-5-8/h1-3,8H,4-7H2,(H,14,15). The van der Waals surface area contributed by atoms with Crippen LogP contribution in [0.25, 0.3) is 0 Å². The lowest BCUT2D eigenvalue weighted by Gasteiger charge is -2.08. The molecule has 1 aromatic rings. The van der Waals surface area contributed by atoms with Crippen molar-refractivity contribution in [1.82, 2.24) is 4.57 Å². The van der Waals surface area contributed by atoms with Crippen molar-refractivity contribution in [2.24, 2.45) is 5.92 Å². The second-order valence-electron chi connectivity index (χ2n) is 3.94. The second-order valence-corrected chi connectivity index (χ2v) is 3.94. The van der Waals surface area contributed by atoms with Crippen molar-refractivity contribution >= 4 is 5.97 Å². The third-order valence-corrected chi connectivity index (χ3v) is 2.73. The number of rotatable bonds is 4. The van der Waals surface area contributed by atoms with Crippen LogP contribution in [0, 0.1) is 5.92 Å². The van der Waals surface area contributed by atoms with Crippen molar-refractivity contribution in [3.63, 3.8) is 0 Å². The molecule has 1 aromatic heterocycles. The Hall–Kier alpha value is -1.58. The number of hydrogen-bond acceptors (Lipinski definition) is 2. The third kappa shape index (κ3) is 2.26. The van der Waals surface area contributed by atoms with Crippen molar-refractivity contribution in [1.29, 1.82) is 0 Å². The van der Waals surface area contributed by atoms with Crippen LogP contribution in [0.5, 0.6) is 0 Å². The zero-order valence-corrected chi connectivity index (χ0v) is 8.35. The molecule has 1 N–H and O–H groups in total. The van der Waals surface area contributed by atoms with Crippen molar-refractivity contribution in [2.75, 3.05) is 0 Å². The molecule has 1 fully saturated rings. The summed E-state index contributed by atoms with van der Waals surface area (Å²) in [4.78, 5) is 22.4. The van der Waals surface area contributed by atoms with Crippen LogP contribution in [0.2, 0.25) is 0 Å². The molecule has 1 aliphatic rings. The Bertz CT molecular complexity index is 432.